The lowest BCUT2D eigenvalue weighted by molar-refractivity contribution is -0.136. The minimum Gasteiger partial charge on any atom is -0.398 e. The van der Waals surface area contributed by atoms with Crippen LogP contribution in [0.15, 0.2) is 18.2 Å². The van der Waals surface area contributed by atoms with Crippen molar-refractivity contribution in [2.24, 2.45) is 0 Å². The maximum absolute atomic E-state index is 12.8. The molecule has 0 radical (unpaired) electrons. The molecule has 4 nitrogen and oxygen atoms in total. The van der Waals surface area contributed by atoms with E-state index in [1.54, 1.807) is 6.92 Å². The number of para-hydroxylation sites is 1. The topological polar surface area (TPSA) is 64.4 Å². The molecule has 1 heterocycles. The first-order valence-electron chi connectivity index (χ1n) is 6.69. The maximum atomic E-state index is 12.8. The van der Waals surface area contributed by atoms with Crippen molar-refractivity contribution in [3.63, 3.8) is 0 Å². The summed E-state index contributed by atoms with van der Waals surface area (Å²) >= 11 is 0. The van der Waals surface area contributed by atoms with Crippen molar-refractivity contribution < 1.29 is 22.7 Å². The second kappa shape index (κ2) is 5.93. The molecule has 1 aliphatic rings. The second-order valence-corrected chi connectivity index (χ2v) is 5.08. The molecular weight excluding hydrogens is 285 g/mol. The Hall–Kier alpha value is -1.76. The average molecular weight is 302 g/mol. The van der Waals surface area contributed by atoms with Gasteiger partial charge in [-0.05, 0) is 31.9 Å². The van der Waals surface area contributed by atoms with Crippen LogP contribution in [0.25, 0.3) is 0 Å². The van der Waals surface area contributed by atoms with Crippen molar-refractivity contribution in [1.82, 2.24) is 5.32 Å². The Bertz CT molecular complexity index is 525. The third kappa shape index (κ3) is 3.47. The van der Waals surface area contributed by atoms with Crippen molar-refractivity contribution in [1.29, 1.82) is 0 Å². The fourth-order valence-corrected chi connectivity index (χ4v) is 2.38. The number of nitrogens with two attached hydrogens (primary N) is 1. The highest BCUT2D eigenvalue weighted by molar-refractivity contribution is 6.00. The van der Waals surface area contributed by atoms with Gasteiger partial charge in [0.05, 0.1) is 29.0 Å². The summed E-state index contributed by atoms with van der Waals surface area (Å²) in [5.41, 5.74) is 3.76. The summed E-state index contributed by atoms with van der Waals surface area (Å²) in [4.78, 5) is 12.1. The van der Waals surface area contributed by atoms with Crippen LogP contribution in [0, 0.1) is 0 Å². The third-order valence-electron chi connectivity index (χ3n) is 3.54. The van der Waals surface area contributed by atoms with Gasteiger partial charge in [-0.2, -0.15) is 13.2 Å². The van der Waals surface area contributed by atoms with Gasteiger partial charge >= 0.3 is 6.18 Å². The number of nitrogen functional groups attached to an aromatic ring is 1. The number of anilines is 1. The predicted octanol–water partition coefficient (Wildman–Crippen LogP) is 2.58. The number of hydrogen-bond acceptors (Lipinski definition) is 3. The number of carbonyl (C=O) groups excluding carboxylic acids is 1. The van der Waals surface area contributed by atoms with E-state index >= 15 is 0 Å². The van der Waals surface area contributed by atoms with Gasteiger partial charge in [0.2, 0.25) is 0 Å². The molecule has 0 aromatic heterocycles. The Balaban J connectivity index is 2.16. The van der Waals surface area contributed by atoms with Crippen molar-refractivity contribution in [2.45, 2.75) is 38.1 Å². The number of alkyl halides is 3. The SMILES string of the molecule is CC(NC(=O)c1cccc(C(F)(F)F)c1N)C1CCCO1. The quantitative estimate of drug-likeness (QED) is 0.844. The molecule has 1 amide bonds. The molecule has 7 heteroatoms. The zero-order chi connectivity index (χ0) is 15.6. The van der Waals surface area contributed by atoms with E-state index in [0.717, 1.165) is 18.9 Å². The van der Waals surface area contributed by atoms with Crippen LogP contribution < -0.4 is 11.1 Å². The summed E-state index contributed by atoms with van der Waals surface area (Å²) < 4.78 is 43.7. The lowest BCUT2D eigenvalue weighted by Gasteiger charge is -2.21. The van der Waals surface area contributed by atoms with E-state index in [-0.39, 0.29) is 17.7 Å². The number of ether oxygens (including phenoxy) is 1. The number of hydrogen-bond donors (Lipinski definition) is 2. The molecule has 0 aliphatic carbocycles. The van der Waals surface area contributed by atoms with Crippen LogP contribution in [0.4, 0.5) is 18.9 Å². The number of nitrogens with one attached hydrogen (secondary N) is 1. The number of rotatable bonds is 3. The van der Waals surface area contributed by atoms with Gasteiger partial charge in [-0.25, -0.2) is 0 Å². The number of carbonyl (C=O) groups is 1. The van der Waals surface area contributed by atoms with Gasteiger partial charge in [0, 0.05) is 6.61 Å². The molecule has 116 valence electrons. The Morgan fingerprint density at radius 1 is 1.48 bits per heavy atom. The molecule has 1 aromatic rings. The van der Waals surface area contributed by atoms with E-state index in [2.05, 4.69) is 5.32 Å². The zero-order valence-corrected chi connectivity index (χ0v) is 11.5. The molecule has 2 rings (SSSR count). The van der Waals surface area contributed by atoms with E-state index < -0.39 is 23.3 Å². The predicted molar refractivity (Wildman–Crippen MR) is 71.8 cm³/mol. The number of amides is 1. The fourth-order valence-electron chi connectivity index (χ4n) is 2.38. The Labute approximate surface area is 120 Å². The molecule has 1 aromatic carbocycles. The molecule has 1 aliphatic heterocycles. The van der Waals surface area contributed by atoms with E-state index in [9.17, 15) is 18.0 Å². The van der Waals surface area contributed by atoms with Crippen LogP contribution in [0.3, 0.4) is 0 Å². The first kappa shape index (κ1) is 15.6. The first-order valence-corrected chi connectivity index (χ1v) is 6.69. The van der Waals surface area contributed by atoms with E-state index in [1.807, 2.05) is 0 Å². The van der Waals surface area contributed by atoms with Gasteiger partial charge in [0.25, 0.3) is 5.91 Å². The Kier molecular flexibility index (Phi) is 4.41. The van der Waals surface area contributed by atoms with Gasteiger partial charge < -0.3 is 15.8 Å². The van der Waals surface area contributed by atoms with Gasteiger partial charge in [-0.15, -0.1) is 0 Å². The van der Waals surface area contributed by atoms with Gasteiger partial charge in [0.1, 0.15) is 0 Å². The van der Waals surface area contributed by atoms with Crippen molar-refractivity contribution in [3.05, 3.63) is 29.3 Å². The molecule has 1 saturated heterocycles. The molecule has 3 N–H and O–H groups in total. The second-order valence-electron chi connectivity index (χ2n) is 5.08. The molecule has 21 heavy (non-hydrogen) atoms. The summed E-state index contributed by atoms with van der Waals surface area (Å²) in [6.45, 7) is 2.40. The fraction of sp³-hybridized carbons (Fsp3) is 0.500. The van der Waals surface area contributed by atoms with E-state index in [0.29, 0.717) is 6.61 Å². The molecular formula is C14H17F3N2O2. The minimum absolute atomic E-state index is 0.110. The van der Waals surface area contributed by atoms with Crippen LogP contribution in [0.5, 0.6) is 0 Å². The molecule has 0 spiro atoms. The number of halogens is 3. The Morgan fingerprint density at radius 3 is 2.76 bits per heavy atom. The van der Waals surface area contributed by atoms with Crippen LogP contribution in [0.1, 0.15) is 35.7 Å². The summed E-state index contributed by atoms with van der Waals surface area (Å²) in [7, 11) is 0. The normalized spacial score (nSPS) is 20.3. The monoisotopic (exact) mass is 302 g/mol. The molecule has 1 fully saturated rings. The highest BCUT2D eigenvalue weighted by Crippen LogP contribution is 2.34. The van der Waals surface area contributed by atoms with Crippen LogP contribution in [-0.4, -0.2) is 24.7 Å². The van der Waals surface area contributed by atoms with Gasteiger partial charge in [-0.1, -0.05) is 6.07 Å². The summed E-state index contributed by atoms with van der Waals surface area (Å²) in [6.07, 6.45) is -2.96. The van der Waals surface area contributed by atoms with Crippen molar-refractivity contribution in [2.75, 3.05) is 12.3 Å². The lowest BCUT2D eigenvalue weighted by Crippen LogP contribution is -2.41. The zero-order valence-electron chi connectivity index (χ0n) is 11.5. The Morgan fingerprint density at radius 2 is 2.19 bits per heavy atom. The number of benzene rings is 1. The van der Waals surface area contributed by atoms with Crippen LogP contribution >= 0.6 is 0 Å². The van der Waals surface area contributed by atoms with E-state index in [4.69, 9.17) is 10.5 Å². The molecule has 0 saturated carbocycles. The summed E-state index contributed by atoms with van der Waals surface area (Å²) in [5, 5.41) is 2.65. The average Bonchev–Trinajstić information content (AvgIpc) is 2.91. The van der Waals surface area contributed by atoms with E-state index in [1.165, 1.54) is 12.1 Å². The smallest absolute Gasteiger partial charge is 0.398 e. The minimum atomic E-state index is -4.58. The molecule has 2 unspecified atom stereocenters. The maximum Gasteiger partial charge on any atom is 0.418 e. The van der Waals surface area contributed by atoms with Gasteiger partial charge in [-0.3, -0.25) is 4.79 Å². The standard InChI is InChI=1S/C14H17F3N2O2/c1-8(11-6-3-7-21-11)19-13(20)9-4-2-5-10(12(9)18)14(15,16)17/h2,4-5,8,11H,3,6-7,18H2,1H3,(H,19,20). The summed E-state index contributed by atoms with van der Waals surface area (Å²) in [6, 6.07) is 3.02. The molecule has 0 bridgehead atoms. The third-order valence-corrected chi connectivity index (χ3v) is 3.54. The van der Waals surface area contributed by atoms with Crippen molar-refractivity contribution >= 4 is 11.6 Å². The highest BCUT2D eigenvalue weighted by atomic mass is 19.4. The molecule has 2 atom stereocenters. The van der Waals surface area contributed by atoms with Crippen LogP contribution in [-0.2, 0) is 10.9 Å². The van der Waals surface area contributed by atoms with Crippen LogP contribution in [0.2, 0.25) is 0 Å². The lowest BCUT2D eigenvalue weighted by atomic mass is 10.0. The van der Waals surface area contributed by atoms with Crippen molar-refractivity contribution in [3.8, 4) is 0 Å². The summed E-state index contributed by atoms with van der Waals surface area (Å²) in [5.74, 6) is -0.624. The highest BCUT2D eigenvalue weighted by Gasteiger charge is 2.34. The van der Waals surface area contributed by atoms with Gasteiger partial charge in [0.15, 0.2) is 0 Å². The largest absolute Gasteiger partial charge is 0.418 e. The first-order chi connectivity index (χ1) is 9.80.